The first kappa shape index (κ1) is 14.3. The van der Waals surface area contributed by atoms with Crippen molar-refractivity contribution in [3.8, 4) is 0 Å². The maximum Gasteiger partial charge on any atom is 0.0463 e. The second kappa shape index (κ2) is 7.53. The molecule has 5 nitrogen and oxygen atoms in total. The molecule has 0 spiro atoms. The Morgan fingerprint density at radius 2 is 2.06 bits per heavy atom. The van der Waals surface area contributed by atoms with E-state index in [9.17, 15) is 0 Å². The molecule has 5 heteroatoms. The minimum atomic E-state index is 0.577. The molecule has 0 aromatic carbocycles. The molecule has 100 valence electrons. The van der Waals surface area contributed by atoms with Gasteiger partial charge in [0.05, 0.1) is 0 Å². The van der Waals surface area contributed by atoms with Gasteiger partial charge in [0.2, 0.25) is 0 Å². The lowest BCUT2D eigenvalue weighted by molar-refractivity contribution is 0.214. The number of nitrogens with two attached hydrogens (primary N) is 2. The summed E-state index contributed by atoms with van der Waals surface area (Å²) < 4.78 is 0. The standard InChI is InChI=1S/C12H27N5/c1-11(2)9-12(13)10-17(14)8-7-16-5-3-15-4-6-16/h10-11,15H,3-9,13-14H2,1-2H3/b12-10-. The van der Waals surface area contributed by atoms with Gasteiger partial charge in [-0.1, -0.05) is 13.8 Å². The van der Waals surface area contributed by atoms with E-state index >= 15 is 0 Å². The molecular weight excluding hydrogens is 214 g/mol. The molecule has 0 unspecified atom stereocenters. The van der Waals surface area contributed by atoms with Gasteiger partial charge in [0.25, 0.3) is 0 Å². The fourth-order valence-corrected chi connectivity index (χ4v) is 1.99. The van der Waals surface area contributed by atoms with Crippen molar-refractivity contribution in [2.75, 3.05) is 39.3 Å². The number of hydrogen-bond acceptors (Lipinski definition) is 5. The molecule has 5 N–H and O–H groups in total. The third kappa shape index (κ3) is 6.51. The van der Waals surface area contributed by atoms with Gasteiger partial charge in [-0.15, -0.1) is 0 Å². The Morgan fingerprint density at radius 3 is 2.65 bits per heavy atom. The van der Waals surface area contributed by atoms with Crippen molar-refractivity contribution in [3.05, 3.63) is 11.9 Å². The molecule has 1 saturated heterocycles. The SMILES string of the molecule is CC(C)C/C(N)=C/N(N)CCN1CCNCC1. The first-order valence-electron chi connectivity index (χ1n) is 6.48. The molecule has 0 aliphatic carbocycles. The topological polar surface area (TPSA) is 70.5 Å². The van der Waals surface area contributed by atoms with E-state index in [0.29, 0.717) is 5.92 Å². The molecule has 1 aliphatic rings. The Bertz CT molecular complexity index is 233. The zero-order chi connectivity index (χ0) is 12.7. The van der Waals surface area contributed by atoms with Gasteiger partial charge in [0.1, 0.15) is 0 Å². The van der Waals surface area contributed by atoms with E-state index < -0.39 is 0 Å². The first-order chi connectivity index (χ1) is 8.08. The lowest BCUT2D eigenvalue weighted by Gasteiger charge is -2.28. The Kier molecular flexibility index (Phi) is 6.32. The Labute approximate surface area is 105 Å². The van der Waals surface area contributed by atoms with Crippen LogP contribution in [0.15, 0.2) is 11.9 Å². The fourth-order valence-electron chi connectivity index (χ4n) is 1.99. The maximum absolute atomic E-state index is 5.90. The summed E-state index contributed by atoms with van der Waals surface area (Å²) in [5, 5.41) is 5.05. The predicted molar refractivity (Wildman–Crippen MR) is 71.9 cm³/mol. The molecule has 0 aromatic rings. The highest BCUT2D eigenvalue weighted by Gasteiger charge is 2.09. The highest BCUT2D eigenvalue weighted by molar-refractivity contribution is 4.95. The van der Waals surface area contributed by atoms with Gasteiger partial charge < -0.3 is 16.1 Å². The zero-order valence-corrected chi connectivity index (χ0v) is 11.2. The first-order valence-corrected chi connectivity index (χ1v) is 6.48. The number of nitrogens with one attached hydrogen (secondary N) is 1. The van der Waals surface area contributed by atoms with Crippen LogP contribution >= 0.6 is 0 Å². The van der Waals surface area contributed by atoms with E-state index in [0.717, 1.165) is 51.4 Å². The molecule has 0 amide bonds. The van der Waals surface area contributed by atoms with Crippen LogP contribution in [0.25, 0.3) is 0 Å². The number of nitrogens with zero attached hydrogens (tertiary/aromatic N) is 2. The van der Waals surface area contributed by atoms with Crippen molar-refractivity contribution in [3.63, 3.8) is 0 Å². The predicted octanol–water partition coefficient (Wildman–Crippen LogP) is -0.0865. The minimum Gasteiger partial charge on any atom is -0.401 e. The molecule has 1 heterocycles. The summed E-state index contributed by atoms with van der Waals surface area (Å²) in [6, 6.07) is 0. The van der Waals surface area contributed by atoms with E-state index in [4.69, 9.17) is 11.6 Å². The molecule has 17 heavy (non-hydrogen) atoms. The molecule has 1 rings (SSSR count). The number of rotatable bonds is 6. The summed E-state index contributed by atoms with van der Waals surface area (Å²) in [6.45, 7) is 10.5. The smallest absolute Gasteiger partial charge is 0.0463 e. The van der Waals surface area contributed by atoms with Crippen LogP contribution in [-0.2, 0) is 0 Å². The zero-order valence-electron chi connectivity index (χ0n) is 11.2. The third-order valence-corrected chi connectivity index (χ3v) is 2.86. The molecule has 0 radical (unpaired) electrons. The number of hydrazine groups is 1. The molecular formula is C12H27N5. The van der Waals surface area contributed by atoms with Crippen molar-refractivity contribution < 1.29 is 0 Å². The van der Waals surface area contributed by atoms with Crippen LogP contribution in [0.4, 0.5) is 0 Å². The van der Waals surface area contributed by atoms with Crippen LogP contribution < -0.4 is 16.9 Å². The van der Waals surface area contributed by atoms with Gasteiger partial charge in [-0.25, -0.2) is 5.84 Å². The summed E-state index contributed by atoms with van der Waals surface area (Å²) in [5.41, 5.74) is 6.76. The molecule has 1 aliphatic heterocycles. The van der Waals surface area contributed by atoms with Crippen LogP contribution in [0.2, 0.25) is 0 Å². The van der Waals surface area contributed by atoms with Crippen LogP contribution in [0.5, 0.6) is 0 Å². The van der Waals surface area contributed by atoms with Crippen molar-refractivity contribution in [1.82, 2.24) is 15.2 Å². The van der Waals surface area contributed by atoms with Crippen LogP contribution in [-0.4, -0.2) is 49.2 Å². The molecule has 0 saturated carbocycles. The summed E-state index contributed by atoms with van der Waals surface area (Å²) in [4.78, 5) is 2.42. The van der Waals surface area contributed by atoms with Gasteiger partial charge in [-0.3, -0.25) is 4.90 Å². The van der Waals surface area contributed by atoms with Crippen molar-refractivity contribution >= 4 is 0 Å². The Morgan fingerprint density at radius 1 is 1.41 bits per heavy atom. The van der Waals surface area contributed by atoms with E-state index in [1.54, 1.807) is 5.01 Å². The molecule has 0 bridgehead atoms. The van der Waals surface area contributed by atoms with E-state index in [1.807, 2.05) is 6.20 Å². The second-order valence-electron chi connectivity index (χ2n) is 5.13. The Balaban J connectivity index is 2.21. The van der Waals surface area contributed by atoms with Crippen LogP contribution in [0.3, 0.4) is 0 Å². The van der Waals surface area contributed by atoms with E-state index in [1.165, 1.54) is 0 Å². The summed E-state index contributed by atoms with van der Waals surface area (Å²) in [6.07, 6.45) is 2.77. The maximum atomic E-state index is 5.90. The average molecular weight is 241 g/mol. The van der Waals surface area contributed by atoms with Crippen LogP contribution in [0.1, 0.15) is 20.3 Å². The number of piperazine rings is 1. The second-order valence-corrected chi connectivity index (χ2v) is 5.13. The van der Waals surface area contributed by atoms with E-state index in [2.05, 4.69) is 24.1 Å². The Hall–Kier alpha value is -0.780. The minimum absolute atomic E-state index is 0.577. The number of allylic oxidation sites excluding steroid dienone is 1. The van der Waals surface area contributed by atoms with Gasteiger partial charge in [-0.2, -0.15) is 0 Å². The van der Waals surface area contributed by atoms with Crippen molar-refractivity contribution in [2.24, 2.45) is 17.5 Å². The molecule has 0 atom stereocenters. The van der Waals surface area contributed by atoms with Gasteiger partial charge in [-0.05, 0) is 12.3 Å². The van der Waals surface area contributed by atoms with E-state index in [-0.39, 0.29) is 0 Å². The fraction of sp³-hybridized carbons (Fsp3) is 0.833. The van der Waals surface area contributed by atoms with Crippen LogP contribution in [0, 0.1) is 5.92 Å². The number of hydrogen-bond donors (Lipinski definition) is 3. The average Bonchev–Trinajstić information content (AvgIpc) is 2.26. The summed E-state index contributed by atoms with van der Waals surface area (Å²) in [5.74, 6) is 6.48. The summed E-state index contributed by atoms with van der Waals surface area (Å²) in [7, 11) is 0. The lowest BCUT2D eigenvalue weighted by Crippen LogP contribution is -2.46. The highest BCUT2D eigenvalue weighted by atomic mass is 15.4. The van der Waals surface area contributed by atoms with Gasteiger partial charge in [0.15, 0.2) is 0 Å². The normalized spacial score (nSPS) is 18.7. The van der Waals surface area contributed by atoms with Gasteiger partial charge >= 0.3 is 0 Å². The largest absolute Gasteiger partial charge is 0.401 e. The quantitative estimate of drug-likeness (QED) is 0.448. The third-order valence-electron chi connectivity index (χ3n) is 2.86. The monoisotopic (exact) mass is 241 g/mol. The lowest BCUT2D eigenvalue weighted by atomic mass is 10.1. The molecule has 0 aromatic heterocycles. The molecule has 1 fully saturated rings. The summed E-state index contributed by atoms with van der Waals surface area (Å²) >= 11 is 0. The highest BCUT2D eigenvalue weighted by Crippen LogP contribution is 2.05. The van der Waals surface area contributed by atoms with Crippen molar-refractivity contribution in [1.29, 1.82) is 0 Å². The van der Waals surface area contributed by atoms with Crippen molar-refractivity contribution in [2.45, 2.75) is 20.3 Å². The van der Waals surface area contributed by atoms with Gasteiger partial charge in [0, 0.05) is 51.2 Å².